The lowest BCUT2D eigenvalue weighted by atomic mass is 10.0. The Labute approximate surface area is 138 Å². The van der Waals surface area contributed by atoms with Crippen LogP contribution in [0.1, 0.15) is 50.9 Å². The van der Waals surface area contributed by atoms with Gasteiger partial charge in [-0.05, 0) is 38.3 Å². The molecule has 1 aliphatic rings. The Bertz CT molecular complexity index is 539. The number of carbonyl (C=O) groups is 1. The standard InChI is InChI=1S/C17H28N4O2/c1-5-20(11-16(22)23)14-6-8-21(9-7-14)17-18-13(4)10-15(19-17)12(2)3/h10,12,14H,5-9,11H2,1-4H3,(H,22,23). The number of rotatable bonds is 6. The van der Waals surface area contributed by atoms with Crippen LogP contribution in [0.25, 0.3) is 0 Å². The fourth-order valence-electron chi connectivity index (χ4n) is 3.12. The van der Waals surface area contributed by atoms with Gasteiger partial charge in [-0.25, -0.2) is 9.97 Å². The quantitative estimate of drug-likeness (QED) is 0.867. The summed E-state index contributed by atoms with van der Waals surface area (Å²) in [6.45, 7) is 11.0. The number of likely N-dealkylation sites (N-methyl/N-ethyl adjacent to an activating group) is 1. The second-order valence-corrected chi connectivity index (χ2v) is 6.56. The first-order chi connectivity index (χ1) is 10.9. The summed E-state index contributed by atoms with van der Waals surface area (Å²) in [5.41, 5.74) is 2.08. The van der Waals surface area contributed by atoms with Gasteiger partial charge in [-0.15, -0.1) is 0 Å². The number of nitrogens with zero attached hydrogens (tertiary/aromatic N) is 4. The average Bonchev–Trinajstić information content (AvgIpc) is 2.52. The number of anilines is 1. The van der Waals surface area contributed by atoms with Crippen LogP contribution in [0.5, 0.6) is 0 Å². The number of hydrogen-bond donors (Lipinski definition) is 1. The van der Waals surface area contributed by atoms with Crippen molar-refractivity contribution in [3.63, 3.8) is 0 Å². The lowest BCUT2D eigenvalue weighted by molar-refractivity contribution is -0.139. The molecule has 1 aromatic rings. The predicted octanol–water partition coefficient (Wildman–Crippen LogP) is 2.28. The summed E-state index contributed by atoms with van der Waals surface area (Å²) in [5, 5.41) is 9.02. The molecule has 6 heteroatoms. The Balaban J connectivity index is 2.03. The third kappa shape index (κ3) is 4.64. The first-order valence-corrected chi connectivity index (χ1v) is 8.47. The van der Waals surface area contributed by atoms with Crippen molar-refractivity contribution in [2.45, 2.75) is 52.5 Å². The van der Waals surface area contributed by atoms with Crippen molar-refractivity contribution in [2.75, 3.05) is 31.1 Å². The molecule has 23 heavy (non-hydrogen) atoms. The van der Waals surface area contributed by atoms with Crippen molar-refractivity contribution >= 4 is 11.9 Å². The van der Waals surface area contributed by atoms with Crippen LogP contribution in [-0.4, -0.2) is 58.2 Å². The Morgan fingerprint density at radius 1 is 1.39 bits per heavy atom. The summed E-state index contributed by atoms with van der Waals surface area (Å²) < 4.78 is 0. The summed E-state index contributed by atoms with van der Waals surface area (Å²) >= 11 is 0. The van der Waals surface area contributed by atoms with Gasteiger partial charge in [0.05, 0.1) is 6.54 Å². The molecule has 0 bridgehead atoms. The second kappa shape index (κ2) is 7.73. The van der Waals surface area contributed by atoms with Gasteiger partial charge < -0.3 is 10.0 Å². The smallest absolute Gasteiger partial charge is 0.317 e. The molecule has 0 radical (unpaired) electrons. The maximum absolute atomic E-state index is 11.0. The van der Waals surface area contributed by atoms with E-state index in [9.17, 15) is 4.79 Å². The van der Waals surface area contributed by atoms with E-state index in [4.69, 9.17) is 10.1 Å². The summed E-state index contributed by atoms with van der Waals surface area (Å²) in [5.74, 6) is 0.449. The molecular weight excluding hydrogens is 292 g/mol. The SMILES string of the molecule is CCN(CC(=O)O)C1CCN(c2nc(C)cc(C(C)C)n2)CC1. The molecule has 0 amide bonds. The van der Waals surface area contributed by atoms with Crippen LogP contribution in [-0.2, 0) is 4.79 Å². The number of aliphatic carboxylic acids is 1. The molecule has 6 nitrogen and oxygen atoms in total. The highest BCUT2D eigenvalue weighted by Crippen LogP contribution is 2.22. The van der Waals surface area contributed by atoms with Crippen LogP contribution in [0, 0.1) is 6.92 Å². The van der Waals surface area contributed by atoms with Crippen LogP contribution in [0.15, 0.2) is 6.07 Å². The molecule has 0 aliphatic carbocycles. The summed E-state index contributed by atoms with van der Waals surface area (Å²) in [7, 11) is 0. The highest BCUT2D eigenvalue weighted by Gasteiger charge is 2.26. The van der Waals surface area contributed by atoms with E-state index in [2.05, 4.69) is 28.6 Å². The number of carboxylic acids is 1. The molecule has 0 saturated carbocycles. The number of aryl methyl sites for hydroxylation is 1. The highest BCUT2D eigenvalue weighted by molar-refractivity contribution is 5.69. The Kier molecular flexibility index (Phi) is 5.93. The van der Waals surface area contributed by atoms with Crippen molar-refractivity contribution in [3.8, 4) is 0 Å². The van der Waals surface area contributed by atoms with E-state index in [1.54, 1.807) is 0 Å². The van der Waals surface area contributed by atoms with E-state index in [0.29, 0.717) is 12.0 Å². The van der Waals surface area contributed by atoms with Gasteiger partial charge in [-0.1, -0.05) is 20.8 Å². The van der Waals surface area contributed by atoms with E-state index in [0.717, 1.165) is 49.8 Å². The molecule has 2 rings (SSSR count). The minimum Gasteiger partial charge on any atom is -0.480 e. The molecule has 1 fully saturated rings. The Morgan fingerprint density at radius 3 is 2.57 bits per heavy atom. The molecule has 0 unspecified atom stereocenters. The molecule has 1 N–H and O–H groups in total. The largest absolute Gasteiger partial charge is 0.480 e. The van der Waals surface area contributed by atoms with Crippen molar-refractivity contribution in [1.29, 1.82) is 0 Å². The third-order valence-electron chi connectivity index (χ3n) is 4.46. The van der Waals surface area contributed by atoms with Crippen LogP contribution < -0.4 is 4.90 Å². The van der Waals surface area contributed by atoms with Crippen LogP contribution in [0.3, 0.4) is 0 Å². The van der Waals surface area contributed by atoms with Gasteiger partial charge in [0.1, 0.15) is 0 Å². The number of piperidine rings is 1. The number of aromatic nitrogens is 2. The Morgan fingerprint density at radius 2 is 2.04 bits per heavy atom. The van der Waals surface area contributed by atoms with Gasteiger partial charge in [-0.2, -0.15) is 0 Å². The monoisotopic (exact) mass is 320 g/mol. The minimum absolute atomic E-state index is 0.125. The van der Waals surface area contributed by atoms with Gasteiger partial charge in [0.25, 0.3) is 0 Å². The molecular formula is C17H28N4O2. The van der Waals surface area contributed by atoms with Crippen molar-refractivity contribution in [1.82, 2.24) is 14.9 Å². The normalized spacial score (nSPS) is 16.3. The lowest BCUT2D eigenvalue weighted by Crippen LogP contribution is -2.47. The predicted molar refractivity (Wildman–Crippen MR) is 91.0 cm³/mol. The van der Waals surface area contributed by atoms with Crippen LogP contribution in [0.2, 0.25) is 0 Å². The van der Waals surface area contributed by atoms with Gasteiger partial charge in [0.15, 0.2) is 0 Å². The maximum Gasteiger partial charge on any atom is 0.317 e. The lowest BCUT2D eigenvalue weighted by Gasteiger charge is -2.37. The van der Waals surface area contributed by atoms with E-state index in [1.807, 2.05) is 19.9 Å². The molecule has 1 aliphatic heterocycles. The second-order valence-electron chi connectivity index (χ2n) is 6.56. The minimum atomic E-state index is -0.752. The van der Waals surface area contributed by atoms with Gasteiger partial charge in [-0.3, -0.25) is 9.69 Å². The molecule has 1 aromatic heterocycles. The Hall–Kier alpha value is -1.69. The van der Waals surface area contributed by atoms with Gasteiger partial charge in [0.2, 0.25) is 5.95 Å². The van der Waals surface area contributed by atoms with E-state index in [1.165, 1.54) is 0 Å². The maximum atomic E-state index is 11.0. The van der Waals surface area contributed by atoms with E-state index < -0.39 is 5.97 Å². The van der Waals surface area contributed by atoms with Crippen molar-refractivity contribution < 1.29 is 9.90 Å². The van der Waals surface area contributed by atoms with Crippen LogP contribution in [0.4, 0.5) is 5.95 Å². The first kappa shape index (κ1) is 17.7. The fourth-order valence-corrected chi connectivity index (χ4v) is 3.12. The first-order valence-electron chi connectivity index (χ1n) is 8.47. The van der Waals surface area contributed by atoms with E-state index in [-0.39, 0.29) is 6.54 Å². The fraction of sp³-hybridized carbons (Fsp3) is 0.706. The molecule has 0 aromatic carbocycles. The van der Waals surface area contributed by atoms with E-state index >= 15 is 0 Å². The molecule has 0 atom stereocenters. The van der Waals surface area contributed by atoms with Crippen molar-refractivity contribution in [2.24, 2.45) is 0 Å². The van der Waals surface area contributed by atoms with Gasteiger partial charge in [0, 0.05) is 30.5 Å². The summed E-state index contributed by atoms with van der Waals surface area (Å²) in [6.07, 6.45) is 1.91. The molecule has 0 spiro atoms. The molecule has 2 heterocycles. The number of hydrogen-bond acceptors (Lipinski definition) is 5. The summed E-state index contributed by atoms with van der Waals surface area (Å²) in [4.78, 5) is 24.5. The zero-order valence-corrected chi connectivity index (χ0v) is 14.6. The topological polar surface area (TPSA) is 69.6 Å². The van der Waals surface area contributed by atoms with Crippen LogP contribution >= 0.6 is 0 Å². The number of carboxylic acid groups (broad SMARTS) is 1. The molecule has 128 valence electrons. The summed E-state index contributed by atoms with van der Waals surface area (Å²) in [6, 6.07) is 2.38. The van der Waals surface area contributed by atoms with Gasteiger partial charge >= 0.3 is 5.97 Å². The highest BCUT2D eigenvalue weighted by atomic mass is 16.4. The zero-order valence-electron chi connectivity index (χ0n) is 14.6. The average molecular weight is 320 g/mol. The third-order valence-corrected chi connectivity index (χ3v) is 4.46. The molecule has 1 saturated heterocycles. The zero-order chi connectivity index (χ0) is 17.0. The van der Waals surface area contributed by atoms with Crippen molar-refractivity contribution in [3.05, 3.63) is 17.5 Å².